The van der Waals surface area contributed by atoms with E-state index < -0.39 is 5.97 Å². The molecule has 1 amide bonds. The Morgan fingerprint density at radius 3 is 2.76 bits per heavy atom. The Morgan fingerprint density at radius 1 is 1.47 bits per heavy atom. The quantitative estimate of drug-likeness (QED) is 0.834. The number of nitrogens with one attached hydrogen (secondary N) is 1. The van der Waals surface area contributed by atoms with Gasteiger partial charge in [-0.2, -0.15) is 0 Å². The van der Waals surface area contributed by atoms with Crippen molar-refractivity contribution >= 4 is 28.3 Å². The number of aromatic nitrogens is 1. The molecule has 1 aliphatic heterocycles. The van der Waals surface area contributed by atoms with Crippen molar-refractivity contribution in [1.29, 1.82) is 0 Å². The lowest BCUT2D eigenvalue weighted by molar-refractivity contribution is -0.128. The summed E-state index contributed by atoms with van der Waals surface area (Å²) in [6, 6.07) is 0. The molecule has 0 aliphatic carbocycles. The maximum Gasteiger partial charge on any atom is 0.347 e. The molecule has 6 nitrogen and oxygen atoms in total. The molecule has 0 saturated carbocycles. The molecule has 0 radical (unpaired) electrons. The fraction of sp³-hybridized carbons (Fsp3) is 0.500. The number of aromatic carboxylic acids is 1. The minimum Gasteiger partial charge on any atom is -0.477 e. The highest BCUT2D eigenvalue weighted by molar-refractivity contribution is 7.17. The second-order valence-electron chi connectivity index (χ2n) is 3.78. The SMILES string of the molecule is O=C(O)c1cnc(NCC(=O)N2CCCC2)s1. The van der Waals surface area contributed by atoms with Gasteiger partial charge in [-0.3, -0.25) is 4.79 Å². The molecule has 2 heterocycles. The maximum absolute atomic E-state index is 11.7. The van der Waals surface area contributed by atoms with Crippen molar-refractivity contribution in [1.82, 2.24) is 9.88 Å². The molecule has 1 aliphatic rings. The molecule has 1 saturated heterocycles. The third-order valence-corrected chi connectivity index (χ3v) is 3.51. The standard InChI is InChI=1S/C10H13N3O3S/c14-8(13-3-1-2-4-13)6-12-10-11-5-7(17-10)9(15)16/h5H,1-4,6H2,(H,11,12)(H,15,16). The number of amides is 1. The number of hydrogen-bond acceptors (Lipinski definition) is 5. The second kappa shape index (κ2) is 5.13. The molecule has 0 atom stereocenters. The number of thiazole rings is 1. The molecule has 17 heavy (non-hydrogen) atoms. The van der Waals surface area contributed by atoms with E-state index in [4.69, 9.17) is 5.11 Å². The highest BCUT2D eigenvalue weighted by atomic mass is 32.1. The number of rotatable bonds is 4. The smallest absolute Gasteiger partial charge is 0.347 e. The van der Waals surface area contributed by atoms with Crippen LogP contribution in [-0.2, 0) is 4.79 Å². The van der Waals surface area contributed by atoms with Crippen LogP contribution in [0.3, 0.4) is 0 Å². The Hall–Kier alpha value is -1.63. The van der Waals surface area contributed by atoms with Crippen molar-refractivity contribution in [2.45, 2.75) is 12.8 Å². The van der Waals surface area contributed by atoms with E-state index in [1.54, 1.807) is 4.90 Å². The Balaban J connectivity index is 1.84. The van der Waals surface area contributed by atoms with Crippen molar-refractivity contribution in [3.63, 3.8) is 0 Å². The number of carboxylic acid groups (broad SMARTS) is 1. The molecule has 1 aromatic heterocycles. The number of nitrogens with zero attached hydrogens (tertiary/aromatic N) is 2. The number of likely N-dealkylation sites (tertiary alicyclic amines) is 1. The summed E-state index contributed by atoms with van der Waals surface area (Å²) in [5.41, 5.74) is 0. The van der Waals surface area contributed by atoms with Crippen molar-refractivity contribution in [3.8, 4) is 0 Å². The summed E-state index contributed by atoms with van der Waals surface area (Å²) in [4.78, 5) is 28.2. The second-order valence-corrected chi connectivity index (χ2v) is 4.81. The number of carbonyl (C=O) groups excluding carboxylic acids is 1. The maximum atomic E-state index is 11.7. The molecule has 2 N–H and O–H groups in total. The molecule has 0 aromatic carbocycles. The average molecular weight is 255 g/mol. The summed E-state index contributed by atoms with van der Waals surface area (Å²) in [6.07, 6.45) is 3.41. The lowest BCUT2D eigenvalue weighted by Crippen LogP contribution is -2.32. The van der Waals surface area contributed by atoms with Crippen molar-refractivity contribution < 1.29 is 14.7 Å². The molecule has 0 unspecified atom stereocenters. The van der Waals surface area contributed by atoms with Gasteiger partial charge < -0.3 is 15.3 Å². The van der Waals surface area contributed by atoms with E-state index in [-0.39, 0.29) is 17.3 Å². The third-order valence-electron chi connectivity index (χ3n) is 2.57. The molecule has 1 fully saturated rings. The zero-order valence-electron chi connectivity index (χ0n) is 9.18. The topological polar surface area (TPSA) is 82.5 Å². The van der Waals surface area contributed by atoms with E-state index in [1.807, 2.05) is 0 Å². The first-order chi connectivity index (χ1) is 8.16. The largest absolute Gasteiger partial charge is 0.477 e. The van der Waals surface area contributed by atoms with Crippen LogP contribution in [0.25, 0.3) is 0 Å². The normalized spacial score (nSPS) is 14.9. The number of anilines is 1. The zero-order valence-corrected chi connectivity index (χ0v) is 10.00. The minimum absolute atomic E-state index is 0.0366. The molecule has 2 rings (SSSR count). The molecular formula is C10H13N3O3S. The van der Waals surface area contributed by atoms with Gasteiger partial charge in [0.25, 0.3) is 0 Å². The molecule has 7 heteroatoms. The van der Waals surface area contributed by atoms with E-state index in [0.717, 1.165) is 37.3 Å². The first-order valence-electron chi connectivity index (χ1n) is 5.37. The van der Waals surface area contributed by atoms with Gasteiger partial charge in [-0.15, -0.1) is 0 Å². The summed E-state index contributed by atoms with van der Waals surface area (Å²) < 4.78 is 0. The van der Waals surface area contributed by atoms with E-state index in [0.29, 0.717) is 5.13 Å². The first-order valence-corrected chi connectivity index (χ1v) is 6.19. The van der Waals surface area contributed by atoms with Gasteiger partial charge in [0.1, 0.15) is 4.88 Å². The van der Waals surface area contributed by atoms with Crippen LogP contribution < -0.4 is 5.32 Å². The van der Waals surface area contributed by atoms with Crippen LogP contribution in [0, 0.1) is 0 Å². The van der Waals surface area contributed by atoms with Crippen LogP contribution in [0.1, 0.15) is 22.5 Å². The van der Waals surface area contributed by atoms with E-state index in [9.17, 15) is 9.59 Å². The Labute approximate surface area is 102 Å². The van der Waals surface area contributed by atoms with Gasteiger partial charge in [0.05, 0.1) is 12.7 Å². The molecule has 92 valence electrons. The Morgan fingerprint density at radius 2 is 2.18 bits per heavy atom. The van der Waals surface area contributed by atoms with Crippen LogP contribution >= 0.6 is 11.3 Å². The molecule has 0 bridgehead atoms. The monoisotopic (exact) mass is 255 g/mol. The van der Waals surface area contributed by atoms with Crippen LogP contribution in [0.5, 0.6) is 0 Å². The predicted molar refractivity (Wildman–Crippen MR) is 63.4 cm³/mol. The highest BCUT2D eigenvalue weighted by Crippen LogP contribution is 2.17. The Kier molecular flexibility index (Phi) is 3.58. The van der Waals surface area contributed by atoms with Crippen LogP contribution in [0.4, 0.5) is 5.13 Å². The molecular weight excluding hydrogens is 242 g/mol. The van der Waals surface area contributed by atoms with Crippen LogP contribution in [-0.4, -0.2) is 46.5 Å². The lowest BCUT2D eigenvalue weighted by atomic mass is 10.4. The number of carboxylic acids is 1. The van der Waals surface area contributed by atoms with Crippen molar-refractivity contribution in [2.75, 3.05) is 25.0 Å². The summed E-state index contributed by atoms with van der Waals surface area (Å²) in [6.45, 7) is 1.81. The summed E-state index contributed by atoms with van der Waals surface area (Å²) in [5, 5.41) is 12.0. The zero-order chi connectivity index (χ0) is 12.3. The minimum atomic E-state index is -0.999. The molecule has 1 aromatic rings. The van der Waals surface area contributed by atoms with Crippen molar-refractivity contribution in [3.05, 3.63) is 11.1 Å². The predicted octanol–water partition coefficient (Wildman–Crippen LogP) is 0.876. The molecule has 0 spiro atoms. The van der Waals surface area contributed by atoms with Gasteiger partial charge in [0.2, 0.25) is 5.91 Å². The average Bonchev–Trinajstić information content (AvgIpc) is 2.97. The van der Waals surface area contributed by atoms with E-state index >= 15 is 0 Å². The highest BCUT2D eigenvalue weighted by Gasteiger charge is 2.17. The summed E-state index contributed by atoms with van der Waals surface area (Å²) >= 11 is 1.03. The van der Waals surface area contributed by atoms with Gasteiger partial charge >= 0.3 is 5.97 Å². The number of carbonyl (C=O) groups is 2. The summed E-state index contributed by atoms with van der Waals surface area (Å²) in [5.74, 6) is -0.962. The first kappa shape index (κ1) is 11.8. The van der Waals surface area contributed by atoms with Crippen LogP contribution in [0.2, 0.25) is 0 Å². The van der Waals surface area contributed by atoms with Gasteiger partial charge in [-0.1, -0.05) is 11.3 Å². The summed E-state index contributed by atoms with van der Waals surface area (Å²) in [7, 11) is 0. The van der Waals surface area contributed by atoms with E-state index in [2.05, 4.69) is 10.3 Å². The van der Waals surface area contributed by atoms with Gasteiger partial charge in [-0.05, 0) is 12.8 Å². The third kappa shape index (κ3) is 2.94. The Bertz CT molecular complexity index is 426. The van der Waals surface area contributed by atoms with Gasteiger partial charge in [-0.25, -0.2) is 9.78 Å². The van der Waals surface area contributed by atoms with E-state index in [1.165, 1.54) is 6.20 Å². The van der Waals surface area contributed by atoms with Crippen LogP contribution in [0.15, 0.2) is 6.20 Å². The lowest BCUT2D eigenvalue weighted by Gasteiger charge is -2.14. The number of hydrogen-bond donors (Lipinski definition) is 2. The van der Waals surface area contributed by atoms with Gasteiger partial charge in [0, 0.05) is 13.1 Å². The van der Waals surface area contributed by atoms with Gasteiger partial charge in [0.15, 0.2) is 5.13 Å². The van der Waals surface area contributed by atoms with Crippen molar-refractivity contribution in [2.24, 2.45) is 0 Å². The fourth-order valence-corrected chi connectivity index (χ4v) is 2.34. The fourth-order valence-electron chi connectivity index (χ4n) is 1.68.